The van der Waals surface area contributed by atoms with Crippen molar-refractivity contribution in [1.29, 1.82) is 0 Å². The number of nitrogens with zero attached hydrogens (tertiary/aromatic N) is 1. The molecule has 2 heteroatoms. The Bertz CT molecular complexity index is 176. The fourth-order valence-electron chi connectivity index (χ4n) is 2.30. The SMILES string of the molecule is CCCN(CCCCCCNC1CC1)C(C)C. The molecule has 1 saturated carbocycles. The zero-order chi connectivity index (χ0) is 12.5. The summed E-state index contributed by atoms with van der Waals surface area (Å²) in [5, 5.41) is 3.58. The van der Waals surface area contributed by atoms with Crippen LogP contribution in [0.15, 0.2) is 0 Å². The van der Waals surface area contributed by atoms with Crippen molar-refractivity contribution in [3.8, 4) is 0 Å². The van der Waals surface area contributed by atoms with Crippen molar-refractivity contribution in [1.82, 2.24) is 10.2 Å². The van der Waals surface area contributed by atoms with Gasteiger partial charge in [0.25, 0.3) is 0 Å². The lowest BCUT2D eigenvalue weighted by Crippen LogP contribution is -2.32. The molecular weight excluding hydrogens is 208 g/mol. The van der Waals surface area contributed by atoms with Gasteiger partial charge in [-0.1, -0.05) is 19.8 Å². The molecule has 1 fully saturated rings. The summed E-state index contributed by atoms with van der Waals surface area (Å²) in [6, 6.07) is 1.60. The van der Waals surface area contributed by atoms with E-state index in [9.17, 15) is 0 Å². The Kier molecular flexibility index (Phi) is 7.87. The second-order valence-electron chi connectivity index (χ2n) is 5.77. The Hall–Kier alpha value is -0.0800. The predicted molar refractivity (Wildman–Crippen MR) is 76.5 cm³/mol. The minimum absolute atomic E-state index is 0.714. The molecule has 0 aromatic carbocycles. The maximum atomic E-state index is 3.58. The molecule has 0 bridgehead atoms. The van der Waals surface area contributed by atoms with Crippen molar-refractivity contribution in [3.63, 3.8) is 0 Å². The van der Waals surface area contributed by atoms with E-state index in [-0.39, 0.29) is 0 Å². The van der Waals surface area contributed by atoms with Crippen LogP contribution in [0.3, 0.4) is 0 Å². The van der Waals surface area contributed by atoms with E-state index in [4.69, 9.17) is 0 Å². The Morgan fingerprint density at radius 1 is 1.06 bits per heavy atom. The predicted octanol–water partition coefficient (Wildman–Crippen LogP) is 3.42. The second-order valence-corrected chi connectivity index (χ2v) is 5.77. The summed E-state index contributed by atoms with van der Waals surface area (Å²) in [6.07, 6.45) is 9.66. The van der Waals surface area contributed by atoms with E-state index in [2.05, 4.69) is 31.0 Å². The molecule has 0 amide bonds. The highest BCUT2D eigenvalue weighted by atomic mass is 15.1. The van der Waals surface area contributed by atoms with Gasteiger partial charge in [0.2, 0.25) is 0 Å². The first kappa shape index (κ1) is 15.0. The summed E-state index contributed by atoms with van der Waals surface area (Å²) in [5.41, 5.74) is 0. The van der Waals surface area contributed by atoms with E-state index in [1.54, 1.807) is 0 Å². The van der Waals surface area contributed by atoms with Crippen molar-refractivity contribution >= 4 is 0 Å². The van der Waals surface area contributed by atoms with Gasteiger partial charge in [0, 0.05) is 12.1 Å². The summed E-state index contributed by atoms with van der Waals surface area (Å²) in [5.74, 6) is 0. The van der Waals surface area contributed by atoms with E-state index < -0.39 is 0 Å². The zero-order valence-electron chi connectivity index (χ0n) is 12.2. The van der Waals surface area contributed by atoms with Gasteiger partial charge < -0.3 is 10.2 Å². The van der Waals surface area contributed by atoms with Crippen LogP contribution in [0, 0.1) is 0 Å². The van der Waals surface area contributed by atoms with Crippen molar-refractivity contribution in [2.45, 2.75) is 77.8 Å². The maximum Gasteiger partial charge on any atom is 0.00682 e. The number of hydrogen-bond donors (Lipinski definition) is 1. The number of rotatable bonds is 11. The van der Waals surface area contributed by atoms with Crippen molar-refractivity contribution in [2.24, 2.45) is 0 Å². The lowest BCUT2D eigenvalue weighted by atomic mass is 10.1. The first-order valence-corrected chi connectivity index (χ1v) is 7.71. The minimum Gasteiger partial charge on any atom is -0.314 e. The van der Waals surface area contributed by atoms with E-state index >= 15 is 0 Å². The molecule has 0 aromatic heterocycles. The van der Waals surface area contributed by atoms with E-state index in [1.165, 1.54) is 64.6 Å². The number of hydrogen-bond acceptors (Lipinski definition) is 2. The molecule has 17 heavy (non-hydrogen) atoms. The van der Waals surface area contributed by atoms with Gasteiger partial charge >= 0.3 is 0 Å². The highest BCUT2D eigenvalue weighted by molar-refractivity contribution is 4.80. The average molecular weight is 240 g/mol. The monoisotopic (exact) mass is 240 g/mol. The highest BCUT2D eigenvalue weighted by Gasteiger charge is 2.19. The summed E-state index contributed by atoms with van der Waals surface area (Å²) >= 11 is 0. The molecule has 0 aromatic rings. The molecule has 0 aliphatic heterocycles. The van der Waals surface area contributed by atoms with Crippen LogP contribution in [0.25, 0.3) is 0 Å². The van der Waals surface area contributed by atoms with Crippen LogP contribution in [0.4, 0.5) is 0 Å². The molecular formula is C15H32N2. The van der Waals surface area contributed by atoms with Crippen LogP contribution in [-0.4, -0.2) is 36.6 Å². The van der Waals surface area contributed by atoms with Gasteiger partial charge in [-0.25, -0.2) is 0 Å². The van der Waals surface area contributed by atoms with Gasteiger partial charge in [-0.15, -0.1) is 0 Å². The van der Waals surface area contributed by atoms with Crippen LogP contribution in [0.5, 0.6) is 0 Å². The fraction of sp³-hybridized carbons (Fsp3) is 1.00. The molecule has 102 valence electrons. The molecule has 0 unspecified atom stereocenters. The van der Waals surface area contributed by atoms with Gasteiger partial charge in [-0.3, -0.25) is 0 Å². The van der Waals surface area contributed by atoms with Gasteiger partial charge in [0.05, 0.1) is 0 Å². The molecule has 1 N–H and O–H groups in total. The van der Waals surface area contributed by atoms with Gasteiger partial charge in [-0.2, -0.15) is 0 Å². The molecule has 0 saturated heterocycles. The van der Waals surface area contributed by atoms with Crippen LogP contribution in [0.1, 0.15) is 65.7 Å². The third-order valence-corrected chi connectivity index (χ3v) is 3.62. The quantitative estimate of drug-likeness (QED) is 0.557. The topological polar surface area (TPSA) is 15.3 Å². The van der Waals surface area contributed by atoms with Crippen molar-refractivity contribution in [2.75, 3.05) is 19.6 Å². The van der Waals surface area contributed by atoms with Crippen LogP contribution in [0.2, 0.25) is 0 Å². The first-order chi connectivity index (χ1) is 8.24. The van der Waals surface area contributed by atoms with Gasteiger partial charge in [0.1, 0.15) is 0 Å². The molecule has 0 spiro atoms. The summed E-state index contributed by atoms with van der Waals surface area (Å²) in [4.78, 5) is 2.61. The van der Waals surface area contributed by atoms with Crippen LogP contribution in [-0.2, 0) is 0 Å². The Morgan fingerprint density at radius 3 is 2.35 bits per heavy atom. The Labute approximate surface area is 108 Å². The summed E-state index contributed by atoms with van der Waals surface area (Å²) in [6.45, 7) is 10.7. The summed E-state index contributed by atoms with van der Waals surface area (Å²) in [7, 11) is 0. The summed E-state index contributed by atoms with van der Waals surface area (Å²) < 4.78 is 0. The Morgan fingerprint density at radius 2 is 1.76 bits per heavy atom. The number of nitrogens with one attached hydrogen (secondary N) is 1. The van der Waals surface area contributed by atoms with Gasteiger partial charge in [-0.05, 0) is 65.6 Å². The minimum atomic E-state index is 0.714. The lowest BCUT2D eigenvalue weighted by molar-refractivity contribution is 0.217. The lowest BCUT2D eigenvalue weighted by Gasteiger charge is -2.25. The van der Waals surface area contributed by atoms with Gasteiger partial charge in [0.15, 0.2) is 0 Å². The molecule has 0 radical (unpaired) electrons. The number of unbranched alkanes of at least 4 members (excludes halogenated alkanes) is 3. The third kappa shape index (κ3) is 7.77. The average Bonchev–Trinajstić information content (AvgIpc) is 3.10. The normalized spacial score (nSPS) is 16.1. The molecule has 1 aliphatic rings. The third-order valence-electron chi connectivity index (χ3n) is 3.62. The largest absolute Gasteiger partial charge is 0.314 e. The Balaban J connectivity index is 1.86. The fourth-order valence-corrected chi connectivity index (χ4v) is 2.30. The van der Waals surface area contributed by atoms with Crippen molar-refractivity contribution < 1.29 is 0 Å². The van der Waals surface area contributed by atoms with E-state index in [0.29, 0.717) is 6.04 Å². The molecule has 2 nitrogen and oxygen atoms in total. The molecule has 1 aliphatic carbocycles. The smallest absolute Gasteiger partial charge is 0.00682 e. The zero-order valence-corrected chi connectivity index (χ0v) is 12.2. The highest BCUT2D eigenvalue weighted by Crippen LogP contribution is 2.18. The van der Waals surface area contributed by atoms with E-state index in [0.717, 1.165) is 6.04 Å². The molecule has 0 heterocycles. The molecule has 1 rings (SSSR count). The van der Waals surface area contributed by atoms with Crippen LogP contribution < -0.4 is 5.32 Å². The van der Waals surface area contributed by atoms with Crippen molar-refractivity contribution in [3.05, 3.63) is 0 Å². The van der Waals surface area contributed by atoms with E-state index in [1.807, 2.05) is 0 Å². The standard InChI is InChI=1S/C15H32N2/c1-4-12-17(14(2)3)13-8-6-5-7-11-16-15-9-10-15/h14-16H,4-13H2,1-3H3. The second kappa shape index (κ2) is 8.93. The maximum absolute atomic E-state index is 3.58. The molecule has 0 atom stereocenters. The first-order valence-electron chi connectivity index (χ1n) is 7.71. The van der Waals surface area contributed by atoms with Crippen LogP contribution >= 0.6 is 0 Å².